The van der Waals surface area contributed by atoms with E-state index in [1.165, 1.54) is 6.08 Å². The molecular formula is C9H11NO2. The van der Waals surface area contributed by atoms with E-state index in [4.69, 9.17) is 4.42 Å². The summed E-state index contributed by atoms with van der Waals surface area (Å²) in [7, 11) is 0. The highest BCUT2D eigenvalue weighted by Crippen LogP contribution is 1.98. The molecule has 0 bridgehead atoms. The third kappa shape index (κ3) is 2.62. The summed E-state index contributed by atoms with van der Waals surface area (Å²) in [6.45, 7) is 2.32. The van der Waals surface area contributed by atoms with Gasteiger partial charge >= 0.3 is 0 Å². The lowest BCUT2D eigenvalue weighted by atomic mass is 10.3. The predicted octanol–water partition coefficient (Wildman–Crippen LogP) is 1.47. The average molecular weight is 165 g/mol. The minimum Gasteiger partial charge on any atom is -0.472 e. The van der Waals surface area contributed by atoms with Crippen LogP contribution in [0.4, 0.5) is 0 Å². The van der Waals surface area contributed by atoms with Crippen molar-refractivity contribution in [3.63, 3.8) is 0 Å². The van der Waals surface area contributed by atoms with Crippen molar-refractivity contribution in [3.05, 3.63) is 36.3 Å². The Labute approximate surface area is 71.1 Å². The lowest BCUT2D eigenvalue weighted by Gasteiger charge is -1.97. The zero-order valence-electron chi connectivity index (χ0n) is 6.91. The lowest BCUT2D eigenvalue weighted by molar-refractivity contribution is -0.116. The van der Waals surface area contributed by atoms with Gasteiger partial charge in [-0.05, 0) is 19.1 Å². The van der Waals surface area contributed by atoms with Crippen LogP contribution in [0.5, 0.6) is 0 Å². The maximum Gasteiger partial charge on any atom is 0.243 e. The molecule has 0 unspecified atom stereocenters. The van der Waals surface area contributed by atoms with E-state index in [9.17, 15) is 4.79 Å². The van der Waals surface area contributed by atoms with E-state index in [0.29, 0.717) is 6.54 Å². The Balaban J connectivity index is 2.31. The zero-order chi connectivity index (χ0) is 8.81. The second kappa shape index (κ2) is 4.38. The van der Waals surface area contributed by atoms with E-state index in [1.54, 1.807) is 25.5 Å². The molecule has 0 atom stereocenters. The molecule has 12 heavy (non-hydrogen) atoms. The number of allylic oxidation sites excluding steroid dienone is 1. The molecule has 0 radical (unpaired) electrons. The lowest BCUT2D eigenvalue weighted by Crippen LogP contribution is -2.19. The van der Waals surface area contributed by atoms with E-state index in [-0.39, 0.29) is 5.91 Å². The Morgan fingerprint density at radius 1 is 1.75 bits per heavy atom. The van der Waals surface area contributed by atoms with Crippen LogP contribution >= 0.6 is 0 Å². The first kappa shape index (κ1) is 8.59. The Hall–Kier alpha value is -1.51. The third-order valence-electron chi connectivity index (χ3n) is 1.36. The molecule has 0 fully saturated rings. The minimum absolute atomic E-state index is 0.0845. The molecule has 0 aliphatic heterocycles. The minimum atomic E-state index is -0.0845. The molecule has 1 N–H and O–H groups in total. The van der Waals surface area contributed by atoms with Crippen molar-refractivity contribution in [2.75, 3.05) is 0 Å². The van der Waals surface area contributed by atoms with Gasteiger partial charge in [0.2, 0.25) is 5.91 Å². The summed E-state index contributed by atoms with van der Waals surface area (Å²) in [5.74, 6) is -0.0845. The van der Waals surface area contributed by atoms with Gasteiger partial charge in [0, 0.05) is 12.1 Å². The number of hydrogen-bond acceptors (Lipinski definition) is 2. The van der Waals surface area contributed by atoms with Gasteiger partial charge in [0.1, 0.15) is 0 Å². The molecule has 1 amide bonds. The zero-order valence-corrected chi connectivity index (χ0v) is 6.91. The van der Waals surface area contributed by atoms with Crippen molar-refractivity contribution in [2.24, 2.45) is 0 Å². The van der Waals surface area contributed by atoms with Crippen LogP contribution in [-0.2, 0) is 11.3 Å². The van der Waals surface area contributed by atoms with Crippen LogP contribution in [-0.4, -0.2) is 5.91 Å². The molecule has 1 rings (SSSR count). The first-order valence-corrected chi connectivity index (χ1v) is 3.74. The van der Waals surface area contributed by atoms with Crippen molar-refractivity contribution in [1.82, 2.24) is 5.32 Å². The van der Waals surface area contributed by atoms with Gasteiger partial charge in [0.05, 0.1) is 12.5 Å². The monoisotopic (exact) mass is 165 g/mol. The van der Waals surface area contributed by atoms with Crippen molar-refractivity contribution in [2.45, 2.75) is 13.5 Å². The maximum atomic E-state index is 10.9. The number of carbonyl (C=O) groups is 1. The van der Waals surface area contributed by atoms with Crippen molar-refractivity contribution in [1.29, 1.82) is 0 Å². The number of furan rings is 1. The summed E-state index contributed by atoms with van der Waals surface area (Å²) in [6, 6.07) is 1.82. The highest BCUT2D eigenvalue weighted by atomic mass is 16.3. The summed E-state index contributed by atoms with van der Waals surface area (Å²) in [6.07, 6.45) is 6.37. The number of rotatable bonds is 3. The Bertz CT molecular complexity index is 262. The van der Waals surface area contributed by atoms with Crippen LogP contribution in [0, 0.1) is 0 Å². The second-order valence-corrected chi connectivity index (χ2v) is 2.35. The summed E-state index contributed by atoms with van der Waals surface area (Å²) in [4.78, 5) is 10.9. The Morgan fingerprint density at radius 3 is 3.17 bits per heavy atom. The van der Waals surface area contributed by atoms with E-state index in [1.807, 2.05) is 6.07 Å². The summed E-state index contributed by atoms with van der Waals surface area (Å²) < 4.78 is 4.84. The average Bonchev–Trinajstić information content (AvgIpc) is 2.53. The van der Waals surface area contributed by atoms with E-state index in [0.717, 1.165) is 5.56 Å². The largest absolute Gasteiger partial charge is 0.472 e. The molecule has 0 aromatic carbocycles. The molecule has 0 spiro atoms. The van der Waals surface area contributed by atoms with Crippen LogP contribution in [0.1, 0.15) is 12.5 Å². The van der Waals surface area contributed by atoms with E-state index < -0.39 is 0 Å². The topological polar surface area (TPSA) is 42.2 Å². The van der Waals surface area contributed by atoms with E-state index in [2.05, 4.69) is 5.32 Å². The van der Waals surface area contributed by atoms with Crippen LogP contribution in [0.2, 0.25) is 0 Å². The molecule has 1 aromatic rings. The Kier molecular flexibility index (Phi) is 3.14. The molecule has 0 saturated heterocycles. The SMILES string of the molecule is C/C=C/C(=O)NCc1ccoc1. The normalized spacial score (nSPS) is 10.4. The van der Waals surface area contributed by atoms with Gasteiger partial charge in [0.25, 0.3) is 0 Å². The van der Waals surface area contributed by atoms with E-state index >= 15 is 0 Å². The molecule has 0 saturated carbocycles. The summed E-state index contributed by atoms with van der Waals surface area (Å²) >= 11 is 0. The van der Waals surface area contributed by atoms with Crippen molar-refractivity contribution >= 4 is 5.91 Å². The summed E-state index contributed by atoms with van der Waals surface area (Å²) in [5, 5.41) is 2.70. The molecule has 1 heterocycles. The van der Waals surface area contributed by atoms with Gasteiger partial charge in [-0.25, -0.2) is 0 Å². The number of carbonyl (C=O) groups excluding carboxylic acids is 1. The summed E-state index contributed by atoms with van der Waals surface area (Å²) in [5.41, 5.74) is 0.966. The fourth-order valence-electron chi connectivity index (χ4n) is 0.793. The van der Waals surface area contributed by atoms with Gasteiger partial charge in [-0.1, -0.05) is 6.08 Å². The van der Waals surface area contributed by atoms with Gasteiger partial charge in [-0.15, -0.1) is 0 Å². The number of amides is 1. The Morgan fingerprint density at radius 2 is 2.58 bits per heavy atom. The fourth-order valence-corrected chi connectivity index (χ4v) is 0.793. The quantitative estimate of drug-likeness (QED) is 0.689. The van der Waals surface area contributed by atoms with Crippen LogP contribution in [0.25, 0.3) is 0 Å². The molecule has 0 aliphatic rings. The molecule has 3 heteroatoms. The second-order valence-electron chi connectivity index (χ2n) is 2.35. The predicted molar refractivity (Wildman–Crippen MR) is 45.4 cm³/mol. The van der Waals surface area contributed by atoms with Gasteiger partial charge in [0.15, 0.2) is 0 Å². The third-order valence-corrected chi connectivity index (χ3v) is 1.36. The standard InChI is InChI=1S/C9H11NO2/c1-2-3-9(11)10-6-8-4-5-12-7-8/h2-5,7H,6H2,1H3,(H,10,11)/b3-2+. The number of hydrogen-bond donors (Lipinski definition) is 1. The smallest absolute Gasteiger partial charge is 0.243 e. The molecule has 0 aliphatic carbocycles. The van der Waals surface area contributed by atoms with Crippen molar-refractivity contribution in [3.8, 4) is 0 Å². The molecule has 1 aromatic heterocycles. The fraction of sp³-hybridized carbons (Fsp3) is 0.222. The molecular weight excluding hydrogens is 154 g/mol. The number of nitrogens with one attached hydrogen (secondary N) is 1. The molecule has 64 valence electrons. The van der Waals surface area contributed by atoms with Crippen molar-refractivity contribution < 1.29 is 9.21 Å². The van der Waals surface area contributed by atoms with Crippen LogP contribution in [0.15, 0.2) is 35.2 Å². The first-order valence-electron chi connectivity index (χ1n) is 3.74. The van der Waals surface area contributed by atoms with Gasteiger partial charge < -0.3 is 9.73 Å². The van der Waals surface area contributed by atoms with Gasteiger partial charge in [-0.2, -0.15) is 0 Å². The molecule has 3 nitrogen and oxygen atoms in total. The van der Waals surface area contributed by atoms with Crippen LogP contribution in [0.3, 0.4) is 0 Å². The highest BCUT2D eigenvalue weighted by Gasteiger charge is 1.95. The highest BCUT2D eigenvalue weighted by molar-refractivity contribution is 5.87. The first-order chi connectivity index (χ1) is 5.83. The maximum absolute atomic E-state index is 10.9. The van der Waals surface area contributed by atoms with Gasteiger partial charge in [-0.3, -0.25) is 4.79 Å². The van der Waals surface area contributed by atoms with Crippen LogP contribution < -0.4 is 5.32 Å².